The minimum absolute atomic E-state index is 0.111. The van der Waals surface area contributed by atoms with E-state index in [2.05, 4.69) is 4.98 Å². The van der Waals surface area contributed by atoms with Crippen molar-refractivity contribution in [2.45, 2.75) is 26.4 Å². The third-order valence-electron chi connectivity index (χ3n) is 1.79. The van der Waals surface area contributed by atoms with Crippen molar-refractivity contribution >= 4 is 11.6 Å². The highest BCUT2D eigenvalue weighted by atomic mass is 35.5. The van der Waals surface area contributed by atoms with Crippen LogP contribution in [-0.4, -0.2) is 4.98 Å². The highest BCUT2D eigenvalue weighted by molar-refractivity contribution is 6.29. The number of alkyl halides is 3. The van der Waals surface area contributed by atoms with Crippen molar-refractivity contribution in [3.63, 3.8) is 0 Å². The predicted molar refractivity (Wildman–Crippen MR) is 52.8 cm³/mol. The van der Waals surface area contributed by atoms with Gasteiger partial charge in [-0.25, -0.2) is 4.98 Å². The quantitative estimate of drug-likeness (QED) is 0.710. The number of hydrogen-bond acceptors (Lipinski definition) is 1. The Morgan fingerprint density at radius 1 is 1.33 bits per heavy atom. The van der Waals surface area contributed by atoms with Crippen LogP contribution in [-0.2, 0) is 12.6 Å². The molecule has 1 aromatic heterocycles. The molecule has 1 aromatic rings. The van der Waals surface area contributed by atoms with E-state index in [1.54, 1.807) is 0 Å². The fraction of sp³-hybridized carbons (Fsp3) is 0.500. The number of halogens is 4. The van der Waals surface area contributed by atoms with Crippen LogP contribution in [0, 0.1) is 5.92 Å². The summed E-state index contributed by atoms with van der Waals surface area (Å²) < 4.78 is 37.2. The molecule has 0 aliphatic carbocycles. The third-order valence-corrected chi connectivity index (χ3v) is 1.99. The molecule has 0 spiro atoms. The second-order valence-electron chi connectivity index (χ2n) is 3.77. The third kappa shape index (κ3) is 3.70. The minimum atomic E-state index is -4.36. The van der Waals surface area contributed by atoms with Crippen LogP contribution in [0.25, 0.3) is 0 Å². The Morgan fingerprint density at radius 2 is 1.93 bits per heavy atom. The minimum Gasteiger partial charge on any atom is -0.241 e. The van der Waals surface area contributed by atoms with Crippen molar-refractivity contribution in [2.75, 3.05) is 0 Å². The molecule has 1 heterocycles. The molecule has 0 radical (unpaired) electrons. The van der Waals surface area contributed by atoms with Gasteiger partial charge < -0.3 is 0 Å². The average molecular weight is 238 g/mol. The molecule has 0 fully saturated rings. The van der Waals surface area contributed by atoms with Gasteiger partial charge in [-0.1, -0.05) is 25.4 Å². The summed E-state index contributed by atoms with van der Waals surface area (Å²) in [5.41, 5.74) is -0.358. The van der Waals surface area contributed by atoms with Crippen LogP contribution in [0.15, 0.2) is 12.1 Å². The number of rotatable bonds is 2. The molecule has 84 valence electrons. The molecule has 0 amide bonds. The lowest BCUT2D eigenvalue weighted by Gasteiger charge is -2.10. The Bertz CT molecular complexity index is 347. The highest BCUT2D eigenvalue weighted by Crippen LogP contribution is 2.31. The fourth-order valence-corrected chi connectivity index (χ4v) is 1.46. The van der Waals surface area contributed by atoms with E-state index in [0.29, 0.717) is 12.1 Å². The molecule has 0 saturated carbocycles. The van der Waals surface area contributed by atoms with Gasteiger partial charge in [-0.2, -0.15) is 13.2 Å². The molecule has 0 atom stereocenters. The summed E-state index contributed by atoms with van der Waals surface area (Å²) in [6.07, 6.45) is -3.87. The SMILES string of the molecule is CC(C)Cc1cc(C(F)(F)F)cc(Cl)n1. The smallest absolute Gasteiger partial charge is 0.241 e. The summed E-state index contributed by atoms with van der Waals surface area (Å²) in [6.45, 7) is 3.83. The maximum absolute atomic E-state index is 12.4. The van der Waals surface area contributed by atoms with E-state index in [1.807, 2.05) is 13.8 Å². The lowest BCUT2D eigenvalue weighted by atomic mass is 10.1. The lowest BCUT2D eigenvalue weighted by molar-refractivity contribution is -0.137. The molecule has 0 unspecified atom stereocenters. The first-order chi connectivity index (χ1) is 6.79. The lowest BCUT2D eigenvalue weighted by Crippen LogP contribution is -2.08. The number of pyridine rings is 1. The van der Waals surface area contributed by atoms with E-state index >= 15 is 0 Å². The van der Waals surface area contributed by atoms with Crippen LogP contribution in [0.2, 0.25) is 5.15 Å². The molecule has 0 aliphatic rings. The average Bonchev–Trinajstić information content (AvgIpc) is 1.99. The van der Waals surface area contributed by atoms with Gasteiger partial charge in [0.15, 0.2) is 0 Å². The topological polar surface area (TPSA) is 12.9 Å². The molecular weight excluding hydrogens is 227 g/mol. The zero-order valence-electron chi connectivity index (χ0n) is 8.40. The molecule has 15 heavy (non-hydrogen) atoms. The predicted octanol–water partition coefficient (Wildman–Crippen LogP) is 3.95. The first-order valence-electron chi connectivity index (χ1n) is 4.52. The summed E-state index contributed by atoms with van der Waals surface area (Å²) in [6, 6.07) is 1.89. The van der Waals surface area contributed by atoms with Gasteiger partial charge in [-0.3, -0.25) is 0 Å². The maximum atomic E-state index is 12.4. The molecule has 0 aromatic carbocycles. The molecule has 0 aliphatic heterocycles. The van der Waals surface area contributed by atoms with Crippen molar-refractivity contribution in [2.24, 2.45) is 5.92 Å². The highest BCUT2D eigenvalue weighted by Gasteiger charge is 2.31. The normalized spacial score (nSPS) is 12.2. The van der Waals surface area contributed by atoms with Crippen molar-refractivity contribution in [1.82, 2.24) is 4.98 Å². The van der Waals surface area contributed by atoms with Gasteiger partial charge in [0.2, 0.25) is 0 Å². The van der Waals surface area contributed by atoms with E-state index in [0.717, 1.165) is 12.1 Å². The van der Waals surface area contributed by atoms with Crippen LogP contribution in [0.4, 0.5) is 13.2 Å². The van der Waals surface area contributed by atoms with Gasteiger partial charge in [0.05, 0.1) is 5.56 Å². The number of hydrogen-bond donors (Lipinski definition) is 0. The summed E-state index contributed by atoms with van der Waals surface area (Å²) in [4.78, 5) is 3.85. The van der Waals surface area contributed by atoms with E-state index in [4.69, 9.17) is 11.6 Å². The Balaban J connectivity index is 3.06. The number of nitrogens with zero attached hydrogens (tertiary/aromatic N) is 1. The Hall–Kier alpha value is -0.770. The van der Waals surface area contributed by atoms with E-state index in [1.165, 1.54) is 0 Å². The monoisotopic (exact) mass is 237 g/mol. The zero-order chi connectivity index (χ0) is 11.6. The maximum Gasteiger partial charge on any atom is 0.416 e. The van der Waals surface area contributed by atoms with Gasteiger partial charge in [0.25, 0.3) is 0 Å². The summed E-state index contributed by atoms with van der Waals surface area (Å²) in [7, 11) is 0. The molecule has 1 rings (SSSR count). The standard InChI is InChI=1S/C10H11ClF3N/c1-6(2)3-8-4-7(10(12,13)14)5-9(11)15-8/h4-6H,3H2,1-2H3. The first-order valence-corrected chi connectivity index (χ1v) is 4.90. The molecule has 5 heteroatoms. The van der Waals surface area contributed by atoms with E-state index in [9.17, 15) is 13.2 Å². The van der Waals surface area contributed by atoms with Crippen molar-refractivity contribution in [3.8, 4) is 0 Å². The summed E-state index contributed by atoms with van der Waals surface area (Å²) in [5.74, 6) is 0.247. The van der Waals surface area contributed by atoms with Gasteiger partial charge in [0.1, 0.15) is 5.15 Å². The molecule has 0 saturated heterocycles. The second-order valence-corrected chi connectivity index (χ2v) is 4.15. The van der Waals surface area contributed by atoms with Crippen LogP contribution in [0.5, 0.6) is 0 Å². The van der Waals surface area contributed by atoms with Crippen LogP contribution >= 0.6 is 11.6 Å². The largest absolute Gasteiger partial charge is 0.416 e. The number of aromatic nitrogens is 1. The first kappa shape index (κ1) is 12.3. The molecule has 0 bridgehead atoms. The van der Waals surface area contributed by atoms with Gasteiger partial charge in [-0.15, -0.1) is 0 Å². The second kappa shape index (κ2) is 4.39. The molecular formula is C10H11ClF3N. The van der Waals surface area contributed by atoms with Crippen LogP contribution < -0.4 is 0 Å². The van der Waals surface area contributed by atoms with Crippen molar-refractivity contribution in [3.05, 3.63) is 28.5 Å². The molecule has 0 N–H and O–H groups in total. The van der Waals surface area contributed by atoms with Crippen LogP contribution in [0.3, 0.4) is 0 Å². The van der Waals surface area contributed by atoms with Gasteiger partial charge in [-0.05, 0) is 24.5 Å². The Kier molecular flexibility index (Phi) is 3.60. The summed E-state index contributed by atoms with van der Waals surface area (Å²) >= 11 is 5.53. The van der Waals surface area contributed by atoms with Crippen molar-refractivity contribution in [1.29, 1.82) is 0 Å². The zero-order valence-corrected chi connectivity index (χ0v) is 9.15. The van der Waals surface area contributed by atoms with Crippen LogP contribution in [0.1, 0.15) is 25.1 Å². The Labute approximate surface area is 91.3 Å². The molecule has 1 nitrogen and oxygen atoms in total. The summed E-state index contributed by atoms with van der Waals surface area (Å²) in [5, 5.41) is -0.111. The van der Waals surface area contributed by atoms with Gasteiger partial charge in [0, 0.05) is 5.69 Å². The van der Waals surface area contributed by atoms with Crippen molar-refractivity contribution < 1.29 is 13.2 Å². The Morgan fingerprint density at radius 3 is 2.40 bits per heavy atom. The van der Waals surface area contributed by atoms with E-state index < -0.39 is 11.7 Å². The van der Waals surface area contributed by atoms with E-state index in [-0.39, 0.29) is 11.1 Å². The van der Waals surface area contributed by atoms with Gasteiger partial charge >= 0.3 is 6.18 Å². The fourth-order valence-electron chi connectivity index (χ4n) is 1.24.